The van der Waals surface area contributed by atoms with Crippen molar-refractivity contribution < 1.29 is 19.1 Å². The van der Waals surface area contributed by atoms with Gasteiger partial charge in [0.15, 0.2) is 0 Å². The van der Waals surface area contributed by atoms with E-state index in [1.165, 1.54) is 6.92 Å². The molecule has 1 N–H and O–H groups in total. The topological polar surface area (TPSA) is 55.8 Å². The van der Waals surface area contributed by atoms with Crippen LogP contribution < -0.4 is 0 Å². The second-order valence-electron chi connectivity index (χ2n) is 1.88. The molecule has 0 spiro atoms. The van der Waals surface area contributed by atoms with E-state index in [1.54, 1.807) is 0 Å². The molecule has 2 radical (unpaired) electrons. The molecule has 1 atom stereocenters. The van der Waals surface area contributed by atoms with Gasteiger partial charge in [-0.25, -0.2) is 0 Å². The van der Waals surface area contributed by atoms with E-state index in [4.69, 9.17) is 9.84 Å². The van der Waals surface area contributed by atoms with Gasteiger partial charge in [0, 0.05) is 6.61 Å². The highest BCUT2D eigenvalue weighted by molar-refractivity contribution is 6.30. The molecule has 0 aliphatic heterocycles. The molecule has 0 fully saturated rings. The zero-order valence-corrected chi connectivity index (χ0v) is 7.66. The molecule has 64 valence electrons. The summed E-state index contributed by atoms with van der Waals surface area (Å²) in [6.45, 7) is 3.84. The monoisotopic (exact) mass is 176 g/mol. The third-order valence-electron chi connectivity index (χ3n) is 0.879. The lowest BCUT2D eigenvalue weighted by molar-refractivity contribution is -0.142. The van der Waals surface area contributed by atoms with Gasteiger partial charge < -0.3 is 14.3 Å². The van der Waals surface area contributed by atoms with E-state index in [9.17, 15) is 4.79 Å². The largest absolute Gasteiger partial charge is 0.512 e. The third-order valence-corrected chi connectivity index (χ3v) is 1.55. The van der Waals surface area contributed by atoms with Crippen molar-refractivity contribution in [1.29, 1.82) is 0 Å². The van der Waals surface area contributed by atoms with Gasteiger partial charge in [0.05, 0.1) is 6.23 Å². The van der Waals surface area contributed by atoms with Crippen molar-refractivity contribution in [2.24, 2.45) is 0 Å². The van der Waals surface area contributed by atoms with Crippen LogP contribution in [0.3, 0.4) is 0 Å². The van der Waals surface area contributed by atoms with Crippen molar-refractivity contribution in [2.75, 3.05) is 12.8 Å². The molecule has 0 saturated heterocycles. The molecule has 0 amide bonds. The molecule has 0 heterocycles. The summed E-state index contributed by atoms with van der Waals surface area (Å²) in [6, 6.07) is 0. The molecule has 5 heteroatoms. The van der Waals surface area contributed by atoms with E-state index >= 15 is 0 Å². The second-order valence-corrected chi connectivity index (χ2v) is 2.66. The lowest BCUT2D eigenvalue weighted by Crippen LogP contribution is -2.23. The number of aliphatic hydroxyl groups excluding tert-OH is 1. The molecule has 0 aromatic heterocycles. The number of hydrogen-bond donors (Lipinski definition) is 1. The Bertz CT molecular complexity index is 115. The highest BCUT2D eigenvalue weighted by Crippen LogP contribution is 1.84. The molecule has 0 rings (SSSR count). The van der Waals surface area contributed by atoms with Gasteiger partial charge in [0.1, 0.15) is 6.10 Å². The normalized spacial score (nSPS) is 12.6. The molecule has 0 aliphatic carbocycles. The average Bonchev–Trinajstić information content (AvgIpc) is 1.97. The van der Waals surface area contributed by atoms with Crippen molar-refractivity contribution >= 4 is 15.7 Å². The van der Waals surface area contributed by atoms with Crippen molar-refractivity contribution in [1.82, 2.24) is 0 Å². The molecule has 0 aromatic carbocycles. The fourth-order valence-corrected chi connectivity index (χ4v) is 0.989. The van der Waals surface area contributed by atoms with E-state index in [2.05, 4.69) is 4.43 Å². The van der Waals surface area contributed by atoms with E-state index in [-0.39, 0.29) is 9.76 Å². The Balaban J connectivity index is 3.18. The van der Waals surface area contributed by atoms with Crippen LogP contribution in [-0.2, 0) is 14.0 Å². The molecular formula is C6H12O4Si. The minimum absolute atomic E-state index is 0.0196. The van der Waals surface area contributed by atoms with Gasteiger partial charge in [-0.3, -0.25) is 4.79 Å². The summed E-state index contributed by atoms with van der Waals surface area (Å²) in [6.07, 6.45) is -0.626. The maximum Gasteiger partial charge on any atom is 0.343 e. The van der Waals surface area contributed by atoms with Crippen molar-refractivity contribution in [2.45, 2.75) is 20.0 Å². The first-order valence-corrected chi connectivity index (χ1v) is 4.49. The summed E-state index contributed by atoms with van der Waals surface area (Å²) in [4.78, 5) is 10.6. The van der Waals surface area contributed by atoms with Gasteiger partial charge in [-0.2, -0.15) is 0 Å². The average molecular weight is 176 g/mol. The number of hydrogen-bond acceptors (Lipinski definition) is 4. The highest BCUT2D eigenvalue weighted by Gasteiger charge is 2.09. The van der Waals surface area contributed by atoms with Gasteiger partial charge in [-0.1, -0.05) is 0 Å². The summed E-state index contributed by atoms with van der Waals surface area (Å²) in [7, 11) is -0.0196. The second kappa shape index (κ2) is 6.33. The lowest BCUT2D eigenvalue weighted by atomic mass is 10.4. The van der Waals surface area contributed by atoms with Crippen LogP contribution in [0.1, 0.15) is 13.8 Å². The van der Waals surface area contributed by atoms with Crippen LogP contribution in [0.25, 0.3) is 0 Å². The molecule has 1 unspecified atom stereocenters. The predicted molar refractivity (Wildman–Crippen MR) is 40.0 cm³/mol. The van der Waals surface area contributed by atoms with Gasteiger partial charge in [-0.05, 0) is 13.8 Å². The Kier molecular flexibility index (Phi) is 6.10. The van der Waals surface area contributed by atoms with Crippen molar-refractivity contribution in [3.05, 3.63) is 0 Å². The number of rotatable bonds is 5. The van der Waals surface area contributed by atoms with Crippen LogP contribution in [0, 0.1) is 0 Å². The van der Waals surface area contributed by atoms with Crippen LogP contribution in [0.2, 0.25) is 0 Å². The summed E-state index contributed by atoms with van der Waals surface area (Å²) < 4.78 is 9.54. The standard InChI is InChI=1S/C6H12O4Si/c1-3-9-4-11-10-6(8)5(2)7/h5,7H,3-4H2,1-2H3. The van der Waals surface area contributed by atoms with E-state index in [0.717, 1.165) is 0 Å². The number of ether oxygens (including phenoxy) is 1. The molecule has 0 aromatic rings. The molecule has 0 aliphatic rings. The summed E-state index contributed by atoms with van der Waals surface area (Å²) in [5, 5.41) is 8.67. The van der Waals surface area contributed by atoms with E-state index < -0.39 is 12.1 Å². The maximum atomic E-state index is 10.6. The van der Waals surface area contributed by atoms with E-state index in [0.29, 0.717) is 12.8 Å². The molecule has 4 nitrogen and oxygen atoms in total. The number of carbonyl (C=O) groups is 1. The highest BCUT2D eigenvalue weighted by atomic mass is 28.2. The fourth-order valence-electron chi connectivity index (χ4n) is 0.330. The molecule has 0 saturated carbocycles. The lowest BCUT2D eigenvalue weighted by Gasteiger charge is -2.04. The Hall–Kier alpha value is -0.393. The minimum Gasteiger partial charge on any atom is -0.512 e. The van der Waals surface area contributed by atoms with Crippen molar-refractivity contribution in [3.8, 4) is 0 Å². The quantitative estimate of drug-likeness (QED) is 0.454. The first-order valence-electron chi connectivity index (χ1n) is 3.37. The fraction of sp³-hybridized carbons (Fsp3) is 0.833. The van der Waals surface area contributed by atoms with Gasteiger partial charge in [0.25, 0.3) is 0 Å². The minimum atomic E-state index is -1.04. The first kappa shape index (κ1) is 10.6. The number of carbonyl (C=O) groups excluding carboxylic acids is 1. The maximum absolute atomic E-state index is 10.6. The zero-order chi connectivity index (χ0) is 8.69. The summed E-state index contributed by atoms with van der Waals surface area (Å²) in [5.74, 6) is -0.594. The Morgan fingerprint density at radius 3 is 2.82 bits per heavy atom. The third kappa shape index (κ3) is 6.02. The first-order chi connectivity index (χ1) is 5.18. The number of aliphatic hydroxyl groups is 1. The molecule has 11 heavy (non-hydrogen) atoms. The zero-order valence-electron chi connectivity index (χ0n) is 6.66. The Labute approximate surface area is 68.4 Å². The Morgan fingerprint density at radius 2 is 2.36 bits per heavy atom. The van der Waals surface area contributed by atoms with Crippen LogP contribution >= 0.6 is 0 Å². The van der Waals surface area contributed by atoms with E-state index in [1.807, 2.05) is 6.92 Å². The van der Waals surface area contributed by atoms with Crippen LogP contribution in [-0.4, -0.2) is 39.8 Å². The molecular weight excluding hydrogens is 164 g/mol. The molecule has 0 bridgehead atoms. The Morgan fingerprint density at radius 1 is 1.73 bits per heavy atom. The van der Waals surface area contributed by atoms with Crippen LogP contribution in [0.15, 0.2) is 0 Å². The summed E-state index contributed by atoms with van der Waals surface area (Å²) in [5.41, 5.74) is 0. The smallest absolute Gasteiger partial charge is 0.343 e. The van der Waals surface area contributed by atoms with Gasteiger partial charge >= 0.3 is 15.7 Å². The summed E-state index contributed by atoms with van der Waals surface area (Å²) >= 11 is 0. The van der Waals surface area contributed by atoms with Crippen molar-refractivity contribution in [3.63, 3.8) is 0 Å². The van der Waals surface area contributed by atoms with Gasteiger partial charge in [0.2, 0.25) is 0 Å². The van der Waals surface area contributed by atoms with Crippen LogP contribution in [0.5, 0.6) is 0 Å². The van der Waals surface area contributed by atoms with Crippen LogP contribution in [0.4, 0.5) is 0 Å². The van der Waals surface area contributed by atoms with Gasteiger partial charge in [-0.15, -0.1) is 0 Å². The predicted octanol–water partition coefficient (Wildman–Crippen LogP) is -0.476. The SMILES string of the molecule is CCOC[Si]OC(=O)C(C)O.